The molecule has 3 heteroatoms. The Morgan fingerprint density at radius 1 is 1.19 bits per heavy atom. The summed E-state index contributed by atoms with van der Waals surface area (Å²) < 4.78 is 0. The fourth-order valence-corrected chi connectivity index (χ4v) is 2.12. The minimum atomic E-state index is 0.00204. The van der Waals surface area contributed by atoms with Gasteiger partial charge >= 0.3 is 0 Å². The van der Waals surface area contributed by atoms with Gasteiger partial charge in [0.15, 0.2) is 5.78 Å². The van der Waals surface area contributed by atoms with Gasteiger partial charge in [0, 0.05) is 12.4 Å². The molecule has 1 aromatic heterocycles. The van der Waals surface area contributed by atoms with Gasteiger partial charge in [0.25, 0.3) is 0 Å². The van der Waals surface area contributed by atoms with Crippen LogP contribution in [-0.4, -0.2) is 15.8 Å². The van der Waals surface area contributed by atoms with Gasteiger partial charge in [0.05, 0.1) is 11.5 Å². The lowest BCUT2D eigenvalue weighted by Gasteiger charge is -2.28. The van der Waals surface area contributed by atoms with Gasteiger partial charge in [0.1, 0.15) is 6.33 Å². The number of carbonyl (C=O) groups is 1. The molecule has 0 saturated carbocycles. The third-order valence-electron chi connectivity index (χ3n) is 3.02. The summed E-state index contributed by atoms with van der Waals surface area (Å²) in [6.07, 6.45) is 5.43. The van der Waals surface area contributed by atoms with E-state index >= 15 is 0 Å². The van der Waals surface area contributed by atoms with Crippen molar-refractivity contribution in [3.8, 4) is 0 Å². The molecule has 1 aliphatic rings. The fraction of sp³-hybridized carbons (Fsp3) is 0.154. The number of rotatable bonds is 2. The van der Waals surface area contributed by atoms with E-state index in [1.54, 1.807) is 12.4 Å². The average molecular weight is 210 g/mol. The normalized spacial score (nSPS) is 17.4. The van der Waals surface area contributed by atoms with Crippen LogP contribution in [0.1, 0.15) is 27.4 Å². The maximum Gasteiger partial charge on any atom is 0.173 e. The van der Waals surface area contributed by atoms with Crippen molar-refractivity contribution >= 4 is 5.78 Å². The molecule has 78 valence electrons. The van der Waals surface area contributed by atoms with Gasteiger partial charge in [-0.1, -0.05) is 24.3 Å². The van der Waals surface area contributed by atoms with Crippen LogP contribution in [0.15, 0.2) is 43.0 Å². The number of aromatic nitrogens is 2. The van der Waals surface area contributed by atoms with Crippen LogP contribution in [-0.2, 0) is 6.42 Å². The van der Waals surface area contributed by atoms with Gasteiger partial charge in [0.2, 0.25) is 0 Å². The average Bonchev–Trinajstić information content (AvgIpc) is 2.32. The largest absolute Gasteiger partial charge is 0.293 e. The predicted octanol–water partition coefficient (Wildman–Crippen LogP) is 2.00. The molecule has 0 saturated heterocycles. The number of carbonyl (C=O) groups excluding carboxylic acids is 1. The zero-order chi connectivity index (χ0) is 11.0. The molecule has 1 atom stereocenters. The predicted molar refractivity (Wildman–Crippen MR) is 59.2 cm³/mol. The third-order valence-corrected chi connectivity index (χ3v) is 3.02. The quantitative estimate of drug-likeness (QED) is 0.712. The van der Waals surface area contributed by atoms with Crippen LogP contribution in [0.3, 0.4) is 0 Å². The molecule has 0 amide bonds. The monoisotopic (exact) mass is 210 g/mol. The minimum Gasteiger partial charge on any atom is -0.293 e. The van der Waals surface area contributed by atoms with E-state index in [2.05, 4.69) is 16.0 Å². The number of hydrogen-bond donors (Lipinski definition) is 0. The molecule has 0 spiro atoms. The second-order valence-corrected chi connectivity index (χ2v) is 3.95. The maximum absolute atomic E-state index is 12.1. The lowest BCUT2D eigenvalue weighted by atomic mass is 9.74. The van der Waals surface area contributed by atoms with Crippen LogP contribution in [0.2, 0.25) is 0 Å². The molecule has 2 aromatic rings. The van der Waals surface area contributed by atoms with Crippen LogP contribution in [0.5, 0.6) is 0 Å². The van der Waals surface area contributed by atoms with Gasteiger partial charge in [-0.15, -0.1) is 0 Å². The third kappa shape index (κ3) is 1.33. The Labute approximate surface area is 93.2 Å². The van der Waals surface area contributed by atoms with Gasteiger partial charge in [-0.2, -0.15) is 0 Å². The summed E-state index contributed by atoms with van der Waals surface area (Å²) in [6, 6.07) is 8.07. The van der Waals surface area contributed by atoms with Crippen molar-refractivity contribution in [1.29, 1.82) is 0 Å². The standard InChI is InChI=1S/C13H10N2O/c16-13(10-6-14-8-15-7-10)12-5-9-3-1-2-4-11(9)12/h1-4,6-8,12H,5H2. The molecule has 0 fully saturated rings. The van der Waals surface area contributed by atoms with Gasteiger partial charge in [-0.3, -0.25) is 4.79 Å². The number of fused-ring (bicyclic) bond motifs is 1. The summed E-state index contributed by atoms with van der Waals surface area (Å²) in [5, 5.41) is 0. The molecule has 3 rings (SSSR count). The summed E-state index contributed by atoms with van der Waals surface area (Å²) in [6.45, 7) is 0. The number of ketones is 1. The van der Waals surface area contributed by atoms with Crippen molar-refractivity contribution in [2.45, 2.75) is 12.3 Å². The molecule has 1 aromatic carbocycles. The van der Waals surface area contributed by atoms with Crippen LogP contribution >= 0.6 is 0 Å². The zero-order valence-electron chi connectivity index (χ0n) is 8.63. The lowest BCUT2D eigenvalue weighted by molar-refractivity contribution is 0.0948. The molecular weight excluding hydrogens is 200 g/mol. The van der Waals surface area contributed by atoms with E-state index in [0.29, 0.717) is 5.56 Å². The first kappa shape index (κ1) is 9.21. The van der Waals surface area contributed by atoms with Crippen molar-refractivity contribution in [2.24, 2.45) is 0 Å². The van der Waals surface area contributed by atoms with Crippen molar-refractivity contribution < 1.29 is 4.79 Å². The summed E-state index contributed by atoms with van der Waals surface area (Å²) in [4.78, 5) is 19.9. The second kappa shape index (κ2) is 3.52. The Kier molecular flexibility index (Phi) is 2.03. The highest BCUT2D eigenvalue weighted by Gasteiger charge is 2.32. The number of Topliss-reactive ketones (excluding diaryl/α,β-unsaturated/α-hetero) is 1. The smallest absolute Gasteiger partial charge is 0.173 e. The first-order chi connectivity index (χ1) is 7.86. The van der Waals surface area contributed by atoms with Crippen molar-refractivity contribution in [3.63, 3.8) is 0 Å². The maximum atomic E-state index is 12.1. The van der Waals surface area contributed by atoms with E-state index in [-0.39, 0.29) is 11.7 Å². The molecule has 16 heavy (non-hydrogen) atoms. The van der Waals surface area contributed by atoms with E-state index in [1.165, 1.54) is 11.9 Å². The van der Waals surface area contributed by atoms with Crippen LogP contribution < -0.4 is 0 Å². The Morgan fingerprint density at radius 2 is 1.94 bits per heavy atom. The summed E-state index contributed by atoms with van der Waals surface area (Å²) in [5.74, 6) is 0.126. The van der Waals surface area contributed by atoms with Crippen LogP contribution in [0.25, 0.3) is 0 Å². The Hall–Kier alpha value is -2.03. The Morgan fingerprint density at radius 3 is 2.69 bits per heavy atom. The number of benzene rings is 1. The van der Waals surface area contributed by atoms with E-state index in [1.807, 2.05) is 18.2 Å². The van der Waals surface area contributed by atoms with Gasteiger partial charge in [-0.25, -0.2) is 9.97 Å². The highest BCUT2D eigenvalue weighted by Crippen LogP contribution is 2.36. The fourth-order valence-electron chi connectivity index (χ4n) is 2.12. The summed E-state index contributed by atoms with van der Waals surface area (Å²) in [7, 11) is 0. The Bertz CT molecular complexity index is 537. The highest BCUT2D eigenvalue weighted by molar-refractivity contribution is 6.02. The highest BCUT2D eigenvalue weighted by atomic mass is 16.1. The van der Waals surface area contributed by atoms with Crippen LogP contribution in [0.4, 0.5) is 0 Å². The summed E-state index contributed by atoms with van der Waals surface area (Å²) >= 11 is 0. The lowest BCUT2D eigenvalue weighted by Crippen LogP contribution is -2.25. The molecular formula is C13H10N2O. The second-order valence-electron chi connectivity index (χ2n) is 3.95. The molecule has 0 radical (unpaired) electrons. The minimum absolute atomic E-state index is 0.00204. The van der Waals surface area contributed by atoms with Crippen molar-refractivity contribution in [3.05, 3.63) is 59.7 Å². The van der Waals surface area contributed by atoms with Crippen molar-refractivity contribution in [2.75, 3.05) is 0 Å². The Balaban J connectivity index is 1.91. The molecule has 0 N–H and O–H groups in total. The van der Waals surface area contributed by atoms with Crippen LogP contribution in [0, 0.1) is 0 Å². The van der Waals surface area contributed by atoms with Gasteiger partial charge in [-0.05, 0) is 17.5 Å². The van der Waals surface area contributed by atoms with E-state index < -0.39 is 0 Å². The molecule has 0 aliphatic heterocycles. The number of hydrogen-bond acceptors (Lipinski definition) is 3. The number of nitrogens with zero attached hydrogens (tertiary/aromatic N) is 2. The topological polar surface area (TPSA) is 42.9 Å². The summed E-state index contributed by atoms with van der Waals surface area (Å²) in [5.41, 5.74) is 3.02. The SMILES string of the molecule is O=C(c1cncnc1)C1Cc2ccccc21. The first-order valence-electron chi connectivity index (χ1n) is 5.23. The van der Waals surface area contributed by atoms with E-state index in [9.17, 15) is 4.79 Å². The van der Waals surface area contributed by atoms with Gasteiger partial charge < -0.3 is 0 Å². The molecule has 1 heterocycles. The first-order valence-corrected chi connectivity index (χ1v) is 5.23. The van der Waals surface area contributed by atoms with E-state index in [0.717, 1.165) is 12.0 Å². The molecule has 1 aliphatic carbocycles. The van der Waals surface area contributed by atoms with Crippen molar-refractivity contribution in [1.82, 2.24) is 9.97 Å². The zero-order valence-corrected chi connectivity index (χ0v) is 8.63. The molecule has 3 nitrogen and oxygen atoms in total. The van der Waals surface area contributed by atoms with E-state index in [4.69, 9.17) is 0 Å². The molecule has 0 bridgehead atoms. The molecule has 1 unspecified atom stereocenters.